The van der Waals surface area contributed by atoms with Crippen molar-refractivity contribution in [1.29, 1.82) is 0 Å². The number of H-pyrrole nitrogens is 1. The summed E-state index contributed by atoms with van der Waals surface area (Å²) in [7, 11) is 1.78. The van der Waals surface area contributed by atoms with Crippen LogP contribution in [0.15, 0.2) is 12.4 Å². The summed E-state index contributed by atoms with van der Waals surface area (Å²) in [6, 6.07) is 0. The van der Waals surface area contributed by atoms with E-state index in [2.05, 4.69) is 20.0 Å². The Morgan fingerprint density at radius 1 is 1.55 bits per heavy atom. The van der Waals surface area contributed by atoms with Crippen LogP contribution in [0, 0.1) is 10.1 Å². The van der Waals surface area contributed by atoms with E-state index in [1.165, 1.54) is 0 Å². The van der Waals surface area contributed by atoms with Crippen molar-refractivity contribution < 1.29 is 4.92 Å². The maximum Gasteiger partial charge on any atom is 0.334 e. The second kappa shape index (κ2) is 5.78. The van der Waals surface area contributed by atoms with Crippen molar-refractivity contribution in [3.8, 4) is 0 Å². The van der Waals surface area contributed by atoms with E-state index >= 15 is 0 Å². The first kappa shape index (κ1) is 14.6. The Morgan fingerprint density at radius 2 is 2.36 bits per heavy atom. The molecule has 3 rings (SSSR count). The molecular formula is C14H20N6O2. The van der Waals surface area contributed by atoms with Gasteiger partial charge in [-0.25, -0.2) is 9.67 Å². The quantitative estimate of drug-likeness (QED) is 0.689. The normalized spacial score (nSPS) is 18.6. The van der Waals surface area contributed by atoms with Crippen molar-refractivity contribution in [1.82, 2.24) is 19.7 Å². The average Bonchev–Trinajstić information content (AvgIpc) is 3.14. The molecule has 0 aliphatic carbocycles. The van der Waals surface area contributed by atoms with Crippen molar-refractivity contribution in [2.75, 3.05) is 18.0 Å². The zero-order chi connectivity index (χ0) is 15.7. The fourth-order valence-corrected chi connectivity index (χ4v) is 3.23. The molecule has 1 unspecified atom stereocenters. The predicted molar refractivity (Wildman–Crippen MR) is 82.0 cm³/mol. The number of nitrogens with zero attached hydrogens (tertiary/aromatic N) is 5. The molecule has 8 heteroatoms. The van der Waals surface area contributed by atoms with Gasteiger partial charge in [-0.3, -0.25) is 10.1 Å². The third-order valence-electron chi connectivity index (χ3n) is 4.21. The zero-order valence-corrected chi connectivity index (χ0v) is 12.8. The third kappa shape index (κ3) is 2.44. The van der Waals surface area contributed by atoms with Crippen LogP contribution in [-0.2, 0) is 13.5 Å². The summed E-state index contributed by atoms with van der Waals surface area (Å²) in [6.07, 6.45) is 6.14. The highest BCUT2D eigenvalue weighted by Gasteiger charge is 2.33. The van der Waals surface area contributed by atoms with Crippen LogP contribution in [0.3, 0.4) is 0 Å². The first-order valence-corrected chi connectivity index (χ1v) is 7.56. The van der Waals surface area contributed by atoms with Crippen LogP contribution in [0.1, 0.15) is 37.2 Å². The maximum absolute atomic E-state index is 11.5. The van der Waals surface area contributed by atoms with Gasteiger partial charge in [-0.15, -0.1) is 0 Å². The van der Waals surface area contributed by atoms with E-state index in [1.54, 1.807) is 17.9 Å². The van der Waals surface area contributed by atoms with Crippen LogP contribution in [0.25, 0.3) is 0 Å². The van der Waals surface area contributed by atoms with Crippen molar-refractivity contribution in [2.45, 2.75) is 32.1 Å². The molecule has 1 aliphatic rings. The van der Waals surface area contributed by atoms with E-state index in [1.807, 2.05) is 13.1 Å². The lowest BCUT2D eigenvalue weighted by Gasteiger charge is -2.32. The van der Waals surface area contributed by atoms with E-state index in [-0.39, 0.29) is 16.5 Å². The lowest BCUT2D eigenvalue weighted by molar-refractivity contribution is -0.384. The molecule has 0 radical (unpaired) electrons. The van der Waals surface area contributed by atoms with Crippen LogP contribution < -0.4 is 4.90 Å². The fraction of sp³-hybridized carbons (Fsp3) is 0.571. The predicted octanol–water partition coefficient (Wildman–Crippen LogP) is 2.00. The Morgan fingerprint density at radius 3 is 3.00 bits per heavy atom. The van der Waals surface area contributed by atoms with Gasteiger partial charge in [0.2, 0.25) is 5.82 Å². The summed E-state index contributed by atoms with van der Waals surface area (Å²) in [6.45, 7) is 3.42. The van der Waals surface area contributed by atoms with Gasteiger partial charge >= 0.3 is 5.69 Å². The third-order valence-corrected chi connectivity index (χ3v) is 4.21. The van der Waals surface area contributed by atoms with E-state index in [9.17, 15) is 10.1 Å². The van der Waals surface area contributed by atoms with Crippen LogP contribution in [0.4, 0.5) is 11.5 Å². The van der Waals surface area contributed by atoms with Crippen LogP contribution >= 0.6 is 0 Å². The molecule has 1 atom stereocenters. The second-order valence-electron chi connectivity index (χ2n) is 5.61. The molecule has 0 saturated carbocycles. The molecule has 0 spiro atoms. The number of aromatic nitrogens is 4. The minimum absolute atomic E-state index is 0.144. The molecule has 0 aromatic carbocycles. The molecular weight excluding hydrogens is 284 g/mol. The van der Waals surface area contributed by atoms with Crippen LogP contribution in [0.2, 0.25) is 0 Å². The SMILES string of the molecule is CCc1nn(C)c(N2CCCC(c3ncc[nH]3)C2)c1[N+](=O)[O-]. The molecule has 1 aliphatic heterocycles. The molecule has 0 bridgehead atoms. The summed E-state index contributed by atoms with van der Waals surface area (Å²) in [5.41, 5.74) is 0.688. The van der Waals surface area contributed by atoms with Gasteiger partial charge in [-0.1, -0.05) is 6.92 Å². The smallest absolute Gasteiger partial charge is 0.334 e. The number of nitro groups is 1. The van der Waals surface area contributed by atoms with Crippen molar-refractivity contribution in [3.63, 3.8) is 0 Å². The lowest BCUT2D eigenvalue weighted by atomic mass is 9.97. The first-order chi connectivity index (χ1) is 10.6. The van der Waals surface area contributed by atoms with Crippen molar-refractivity contribution in [3.05, 3.63) is 34.0 Å². The number of piperidine rings is 1. The van der Waals surface area contributed by atoms with E-state index in [0.717, 1.165) is 31.8 Å². The molecule has 0 amide bonds. The Hall–Kier alpha value is -2.38. The van der Waals surface area contributed by atoms with Gasteiger partial charge in [0.1, 0.15) is 11.5 Å². The number of imidazole rings is 1. The molecule has 2 aromatic rings. The largest absolute Gasteiger partial charge is 0.350 e. The molecule has 1 saturated heterocycles. The number of nitrogens with one attached hydrogen (secondary N) is 1. The summed E-state index contributed by atoms with van der Waals surface area (Å²) >= 11 is 0. The standard InChI is InChI=1S/C14H20N6O2/c1-3-11-12(20(21)22)14(18(2)17-11)19-8-4-5-10(9-19)13-15-6-7-16-13/h6-7,10H,3-5,8-9H2,1-2H3,(H,15,16). The van der Waals surface area contributed by atoms with Crippen molar-refractivity contribution in [2.24, 2.45) is 7.05 Å². The van der Waals surface area contributed by atoms with Gasteiger partial charge in [0.15, 0.2) is 0 Å². The molecule has 2 aromatic heterocycles. The molecule has 3 heterocycles. The zero-order valence-electron chi connectivity index (χ0n) is 12.8. The van der Waals surface area contributed by atoms with Crippen LogP contribution in [-0.4, -0.2) is 37.8 Å². The summed E-state index contributed by atoms with van der Waals surface area (Å²) in [5, 5.41) is 15.8. The molecule has 118 valence electrons. The minimum atomic E-state index is -0.308. The minimum Gasteiger partial charge on any atom is -0.350 e. The number of rotatable bonds is 4. The highest BCUT2D eigenvalue weighted by molar-refractivity contribution is 5.62. The van der Waals surface area contributed by atoms with E-state index < -0.39 is 0 Å². The van der Waals surface area contributed by atoms with Gasteiger partial charge in [-0.05, 0) is 19.3 Å². The summed E-state index contributed by atoms with van der Waals surface area (Å²) in [5.74, 6) is 1.83. The number of hydrogen-bond donors (Lipinski definition) is 1. The topological polar surface area (TPSA) is 92.9 Å². The number of anilines is 1. The average molecular weight is 304 g/mol. The Labute approximate surface area is 128 Å². The molecule has 22 heavy (non-hydrogen) atoms. The molecule has 1 fully saturated rings. The second-order valence-corrected chi connectivity index (χ2v) is 5.61. The van der Waals surface area contributed by atoms with Crippen molar-refractivity contribution >= 4 is 11.5 Å². The van der Waals surface area contributed by atoms with Crippen LogP contribution in [0.5, 0.6) is 0 Å². The maximum atomic E-state index is 11.5. The summed E-state index contributed by atoms with van der Waals surface area (Å²) in [4.78, 5) is 20.7. The fourth-order valence-electron chi connectivity index (χ4n) is 3.23. The highest BCUT2D eigenvalue weighted by Crippen LogP contribution is 2.35. The van der Waals surface area contributed by atoms with Gasteiger partial charge in [0.05, 0.1) is 4.92 Å². The first-order valence-electron chi connectivity index (χ1n) is 7.56. The van der Waals surface area contributed by atoms with Gasteiger partial charge in [0.25, 0.3) is 0 Å². The van der Waals surface area contributed by atoms with Gasteiger partial charge in [-0.2, -0.15) is 5.10 Å². The van der Waals surface area contributed by atoms with E-state index in [0.29, 0.717) is 17.9 Å². The Bertz CT molecular complexity index is 663. The van der Waals surface area contributed by atoms with Gasteiger partial charge in [0, 0.05) is 38.4 Å². The van der Waals surface area contributed by atoms with Gasteiger partial charge < -0.3 is 9.88 Å². The summed E-state index contributed by atoms with van der Waals surface area (Å²) < 4.78 is 1.64. The number of hydrogen-bond acceptors (Lipinski definition) is 5. The van der Waals surface area contributed by atoms with E-state index in [4.69, 9.17) is 0 Å². The Kier molecular flexibility index (Phi) is 3.82. The molecule has 1 N–H and O–H groups in total. The Balaban J connectivity index is 1.93. The number of aromatic amines is 1. The number of aryl methyl sites for hydroxylation is 2. The lowest BCUT2D eigenvalue weighted by Crippen LogP contribution is -2.36. The highest BCUT2D eigenvalue weighted by atomic mass is 16.6. The molecule has 8 nitrogen and oxygen atoms in total. The monoisotopic (exact) mass is 304 g/mol.